The predicted octanol–water partition coefficient (Wildman–Crippen LogP) is 2.60. The van der Waals surface area contributed by atoms with Crippen molar-refractivity contribution in [2.24, 2.45) is 5.10 Å². The molecule has 2 rings (SSSR count). The second-order valence-electron chi connectivity index (χ2n) is 5.67. The van der Waals surface area contributed by atoms with Crippen LogP contribution in [0.15, 0.2) is 47.6 Å². The fourth-order valence-corrected chi connectivity index (χ4v) is 2.29. The van der Waals surface area contributed by atoms with E-state index in [-0.39, 0.29) is 6.54 Å². The van der Waals surface area contributed by atoms with Gasteiger partial charge in [-0.1, -0.05) is 29.3 Å². The van der Waals surface area contributed by atoms with Crippen molar-refractivity contribution in [1.82, 2.24) is 10.7 Å². The molecule has 0 spiro atoms. The first-order chi connectivity index (χ1) is 13.0. The van der Waals surface area contributed by atoms with E-state index < -0.39 is 11.8 Å². The predicted molar refractivity (Wildman–Crippen MR) is 107 cm³/mol. The number of methoxy groups -OCH3 is 1. The summed E-state index contributed by atoms with van der Waals surface area (Å²) in [5, 5.41) is 10.0. The number of aryl methyl sites for hydroxylation is 1. The monoisotopic (exact) mass is 388 g/mol. The van der Waals surface area contributed by atoms with Crippen LogP contribution in [-0.4, -0.2) is 38.3 Å². The summed E-state index contributed by atoms with van der Waals surface area (Å²) in [5.41, 5.74) is 5.65. The first-order valence-corrected chi connectivity index (χ1v) is 8.61. The molecule has 0 unspecified atom stereocenters. The second-order valence-corrected chi connectivity index (χ2v) is 6.11. The van der Waals surface area contributed by atoms with E-state index in [1.165, 1.54) is 13.3 Å². The Labute approximate surface area is 162 Å². The van der Waals surface area contributed by atoms with Crippen LogP contribution in [0.1, 0.15) is 11.1 Å². The lowest BCUT2D eigenvalue weighted by Crippen LogP contribution is -2.39. The molecule has 0 aromatic heterocycles. The van der Waals surface area contributed by atoms with Crippen LogP contribution in [0.2, 0.25) is 5.02 Å². The van der Waals surface area contributed by atoms with Gasteiger partial charge in [0, 0.05) is 35.6 Å². The van der Waals surface area contributed by atoms with Gasteiger partial charge in [0.15, 0.2) is 0 Å². The Morgan fingerprint density at radius 3 is 2.59 bits per heavy atom. The third kappa shape index (κ3) is 6.73. The number of carbonyl (C=O) groups is 2. The highest BCUT2D eigenvalue weighted by atomic mass is 35.5. The average molecular weight is 389 g/mol. The number of ether oxygens (including phenoxy) is 1. The lowest BCUT2D eigenvalue weighted by Gasteiger charge is -2.10. The van der Waals surface area contributed by atoms with Crippen LogP contribution in [0.25, 0.3) is 0 Å². The molecule has 0 heterocycles. The van der Waals surface area contributed by atoms with Crippen LogP contribution < -0.4 is 16.1 Å². The molecule has 0 aliphatic heterocycles. The van der Waals surface area contributed by atoms with Gasteiger partial charge in [-0.05, 0) is 37.3 Å². The minimum absolute atomic E-state index is 0.241. The van der Waals surface area contributed by atoms with Crippen molar-refractivity contribution in [3.05, 3.63) is 58.6 Å². The van der Waals surface area contributed by atoms with Crippen LogP contribution >= 0.6 is 11.6 Å². The fourth-order valence-electron chi connectivity index (χ4n) is 2.10. The van der Waals surface area contributed by atoms with Gasteiger partial charge in [0.1, 0.15) is 0 Å². The molecule has 142 valence electrons. The van der Waals surface area contributed by atoms with E-state index >= 15 is 0 Å². The zero-order valence-corrected chi connectivity index (χ0v) is 15.8. The second kappa shape index (κ2) is 10.3. The topological polar surface area (TPSA) is 91.8 Å². The highest BCUT2D eigenvalue weighted by molar-refractivity contribution is 6.35. The summed E-state index contributed by atoms with van der Waals surface area (Å²) in [6.07, 6.45) is 1.42. The molecule has 2 aromatic rings. The first-order valence-electron chi connectivity index (χ1n) is 8.23. The highest BCUT2D eigenvalue weighted by Gasteiger charge is 2.11. The molecule has 0 saturated heterocycles. The van der Waals surface area contributed by atoms with Crippen LogP contribution in [0.4, 0.5) is 11.4 Å². The third-order valence-corrected chi connectivity index (χ3v) is 3.75. The molecule has 0 saturated carbocycles. The van der Waals surface area contributed by atoms with Crippen molar-refractivity contribution in [1.29, 1.82) is 0 Å². The summed E-state index contributed by atoms with van der Waals surface area (Å²) in [6.45, 7) is 2.57. The molecule has 0 aliphatic rings. The number of carbonyl (C=O) groups excluding carboxylic acids is 2. The quantitative estimate of drug-likeness (QED) is 0.294. The van der Waals surface area contributed by atoms with E-state index in [1.54, 1.807) is 12.1 Å². The smallest absolute Gasteiger partial charge is 0.329 e. The van der Waals surface area contributed by atoms with Crippen molar-refractivity contribution in [3.8, 4) is 0 Å². The van der Waals surface area contributed by atoms with E-state index in [1.807, 2.05) is 37.3 Å². The number of benzene rings is 2. The SMILES string of the molecule is COCCNC(=O)C(=O)N/N=C\c1cc(Cl)ccc1Nc1ccc(C)cc1. The molecule has 7 nitrogen and oxygen atoms in total. The molecule has 0 aliphatic carbocycles. The van der Waals surface area contributed by atoms with E-state index in [9.17, 15) is 9.59 Å². The van der Waals surface area contributed by atoms with Crippen LogP contribution in [-0.2, 0) is 14.3 Å². The Kier molecular flexibility index (Phi) is 7.79. The lowest BCUT2D eigenvalue weighted by atomic mass is 10.1. The molecule has 0 fully saturated rings. The van der Waals surface area contributed by atoms with Crippen molar-refractivity contribution < 1.29 is 14.3 Å². The van der Waals surface area contributed by atoms with Gasteiger partial charge < -0.3 is 15.4 Å². The van der Waals surface area contributed by atoms with Crippen molar-refractivity contribution in [2.75, 3.05) is 25.6 Å². The number of nitrogens with zero attached hydrogens (tertiary/aromatic N) is 1. The molecule has 0 radical (unpaired) electrons. The summed E-state index contributed by atoms with van der Waals surface area (Å²) >= 11 is 6.05. The Balaban J connectivity index is 2.03. The largest absolute Gasteiger partial charge is 0.383 e. The molecule has 8 heteroatoms. The maximum absolute atomic E-state index is 11.7. The van der Waals surface area contributed by atoms with Crippen LogP contribution in [0, 0.1) is 6.92 Å². The standard InChI is InChI=1S/C19H21ClN4O3/c1-13-3-6-16(7-4-13)23-17-8-5-15(20)11-14(17)12-22-24-19(26)18(25)21-9-10-27-2/h3-8,11-12,23H,9-10H2,1-2H3,(H,21,25)(H,24,26)/b22-12-. The lowest BCUT2D eigenvalue weighted by molar-refractivity contribution is -0.139. The van der Waals surface area contributed by atoms with Crippen molar-refractivity contribution in [2.45, 2.75) is 6.92 Å². The first kappa shape index (κ1) is 20.4. The Bertz CT molecular complexity index is 822. The molecule has 3 N–H and O–H groups in total. The van der Waals surface area contributed by atoms with Gasteiger partial charge in [0.05, 0.1) is 12.8 Å². The van der Waals surface area contributed by atoms with E-state index in [2.05, 4.69) is 21.2 Å². The van der Waals surface area contributed by atoms with Gasteiger partial charge in [-0.2, -0.15) is 5.10 Å². The maximum atomic E-state index is 11.7. The number of halogens is 1. The summed E-state index contributed by atoms with van der Waals surface area (Å²) in [7, 11) is 1.50. The average Bonchev–Trinajstić information content (AvgIpc) is 2.65. The molecule has 2 amide bonds. The highest BCUT2D eigenvalue weighted by Crippen LogP contribution is 2.23. The van der Waals surface area contributed by atoms with Gasteiger partial charge in [-0.3, -0.25) is 9.59 Å². The number of hydrazone groups is 1. The Hall–Kier alpha value is -2.90. The summed E-state index contributed by atoms with van der Waals surface area (Å²) < 4.78 is 4.80. The van der Waals surface area contributed by atoms with Gasteiger partial charge in [0.2, 0.25) is 0 Å². The Morgan fingerprint density at radius 1 is 1.15 bits per heavy atom. The number of nitrogens with one attached hydrogen (secondary N) is 3. The molecule has 2 aromatic carbocycles. The van der Waals surface area contributed by atoms with Crippen molar-refractivity contribution in [3.63, 3.8) is 0 Å². The van der Waals surface area contributed by atoms with Gasteiger partial charge in [-0.15, -0.1) is 0 Å². The van der Waals surface area contributed by atoms with Crippen LogP contribution in [0.5, 0.6) is 0 Å². The zero-order valence-electron chi connectivity index (χ0n) is 15.1. The van der Waals surface area contributed by atoms with Gasteiger partial charge in [-0.25, -0.2) is 5.43 Å². The molecule has 0 atom stereocenters. The van der Waals surface area contributed by atoms with E-state index in [0.29, 0.717) is 17.2 Å². The number of rotatable bonds is 7. The minimum Gasteiger partial charge on any atom is -0.383 e. The van der Waals surface area contributed by atoms with Crippen molar-refractivity contribution >= 4 is 41.0 Å². The number of hydrogen-bond acceptors (Lipinski definition) is 5. The minimum atomic E-state index is -0.863. The Morgan fingerprint density at radius 2 is 1.89 bits per heavy atom. The number of anilines is 2. The van der Waals surface area contributed by atoms with E-state index in [0.717, 1.165) is 16.9 Å². The zero-order chi connectivity index (χ0) is 19.6. The van der Waals surface area contributed by atoms with E-state index in [4.69, 9.17) is 16.3 Å². The number of hydrogen-bond donors (Lipinski definition) is 3. The molecular formula is C19H21ClN4O3. The van der Waals surface area contributed by atoms with Gasteiger partial charge >= 0.3 is 11.8 Å². The molecule has 27 heavy (non-hydrogen) atoms. The maximum Gasteiger partial charge on any atom is 0.329 e. The van der Waals surface area contributed by atoms with Crippen LogP contribution in [0.3, 0.4) is 0 Å². The fraction of sp³-hybridized carbons (Fsp3) is 0.211. The normalized spacial score (nSPS) is 10.6. The summed E-state index contributed by atoms with van der Waals surface area (Å²) in [4.78, 5) is 23.2. The van der Waals surface area contributed by atoms with Gasteiger partial charge in [0.25, 0.3) is 0 Å². The third-order valence-electron chi connectivity index (χ3n) is 3.51. The summed E-state index contributed by atoms with van der Waals surface area (Å²) in [6, 6.07) is 13.2. The molecule has 0 bridgehead atoms. The number of amides is 2. The molecular weight excluding hydrogens is 368 g/mol. The summed E-state index contributed by atoms with van der Waals surface area (Å²) in [5.74, 6) is -1.65.